The highest BCUT2D eigenvalue weighted by Crippen LogP contribution is 2.63. The number of rotatable bonds is 18. The highest BCUT2D eigenvalue weighted by Gasteiger charge is 2.29. The Labute approximate surface area is 163 Å². The maximum absolute atomic E-state index is 11.3. The van der Waals surface area contributed by atoms with E-state index in [1.54, 1.807) is 0 Å². The molecule has 4 nitrogen and oxygen atoms in total. The van der Waals surface area contributed by atoms with Crippen LogP contribution in [0.4, 0.5) is 0 Å². The summed E-state index contributed by atoms with van der Waals surface area (Å²) in [7, 11) is 0. The van der Waals surface area contributed by atoms with Gasteiger partial charge in [0, 0.05) is 0 Å². The molecule has 1 unspecified atom stereocenters. The topological polar surface area (TPSA) is 55.8 Å². The fourth-order valence-electron chi connectivity index (χ4n) is 2.31. The summed E-state index contributed by atoms with van der Waals surface area (Å²) in [4.78, 5) is 11.3. The van der Waals surface area contributed by atoms with Gasteiger partial charge in [0.25, 0.3) is 0 Å². The number of hydrogen-bond donors (Lipinski definition) is 1. The zero-order valence-electron chi connectivity index (χ0n) is 16.2. The largest absolute Gasteiger partial charge is 0.480 e. The predicted octanol–water partition coefficient (Wildman–Crippen LogP) is 6.78. The first kappa shape index (κ1) is 25.4. The Kier molecular flexibility index (Phi) is 16.8. The van der Waals surface area contributed by atoms with Crippen LogP contribution in [0.1, 0.15) is 91.4 Å². The summed E-state index contributed by atoms with van der Waals surface area (Å²) in [5, 5.41) is 8.76. The molecule has 25 heavy (non-hydrogen) atoms. The van der Waals surface area contributed by atoms with Crippen molar-refractivity contribution in [1.82, 2.24) is 0 Å². The van der Waals surface area contributed by atoms with E-state index >= 15 is 0 Å². The van der Waals surface area contributed by atoms with Crippen molar-refractivity contribution < 1.29 is 18.9 Å². The van der Waals surface area contributed by atoms with E-state index in [1.165, 1.54) is 49.9 Å². The second-order valence-corrected chi connectivity index (χ2v) is 12.7. The molecule has 0 saturated heterocycles. The van der Waals surface area contributed by atoms with Crippen molar-refractivity contribution in [3.8, 4) is 0 Å². The maximum Gasteiger partial charge on any atom is 0.317 e. The number of carbonyl (C=O) groups is 1. The molecule has 0 aromatic rings. The number of unbranched alkanes of at least 4 members (excludes halogenated alkanes) is 8. The first-order chi connectivity index (χ1) is 12.0. The van der Waals surface area contributed by atoms with Crippen LogP contribution < -0.4 is 0 Å². The summed E-state index contributed by atoms with van der Waals surface area (Å²) >= 11 is 6.85. The third-order valence-electron chi connectivity index (χ3n) is 3.90. The minimum Gasteiger partial charge on any atom is -0.480 e. The van der Waals surface area contributed by atoms with E-state index in [4.69, 9.17) is 20.9 Å². The molecule has 0 aliphatic carbocycles. The lowest BCUT2D eigenvalue weighted by Crippen LogP contribution is -2.15. The summed E-state index contributed by atoms with van der Waals surface area (Å²) in [6.07, 6.45) is 12.0. The number of aliphatic carboxylic acids is 1. The van der Waals surface area contributed by atoms with Crippen molar-refractivity contribution in [2.24, 2.45) is 0 Å². The Morgan fingerprint density at radius 3 is 1.72 bits per heavy atom. The van der Waals surface area contributed by atoms with E-state index in [0.717, 1.165) is 25.7 Å². The zero-order chi connectivity index (χ0) is 19.0. The molecule has 0 spiro atoms. The summed E-state index contributed by atoms with van der Waals surface area (Å²) in [5.74, 6) is -0.834. The number of hydrogen-bond acceptors (Lipinski definition) is 5. The highest BCUT2D eigenvalue weighted by molar-refractivity contribution is 8.68. The van der Waals surface area contributed by atoms with Crippen molar-refractivity contribution in [3.05, 3.63) is 0 Å². The van der Waals surface area contributed by atoms with Crippen LogP contribution in [0, 0.1) is 0 Å². The number of carboxylic acids is 1. The van der Waals surface area contributed by atoms with E-state index in [9.17, 15) is 9.90 Å². The van der Waals surface area contributed by atoms with Gasteiger partial charge in [0.15, 0.2) is 0 Å². The lowest BCUT2D eigenvalue weighted by molar-refractivity contribution is -0.136. The molecule has 0 radical (unpaired) electrons. The van der Waals surface area contributed by atoms with Gasteiger partial charge in [0.1, 0.15) is 5.25 Å². The summed E-state index contributed by atoms with van der Waals surface area (Å²) < 4.78 is 11.8. The molecule has 0 bridgehead atoms. The van der Waals surface area contributed by atoms with Crippen LogP contribution in [0.5, 0.6) is 0 Å². The Hall–Kier alpha value is 0.390. The molecule has 0 heterocycles. The van der Waals surface area contributed by atoms with E-state index in [1.807, 2.05) is 6.92 Å². The van der Waals surface area contributed by atoms with Crippen LogP contribution in [-0.4, -0.2) is 29.5 Å². The minimum absolute atomic E-state index is 0.526. The molecule has 0 aliphatic heterocycles. The van der Waals surface area contributed by atoms with Crippen molar-refractivity contribution in [3.63, 3.8) is 0 Å². The fraction of sp³-hybridized carbons (Fsp3) is 0.944. The van der Waals surface area contributed by atoms with Gasteiger partial charge >= 0.3 is 5.97 Å². The molecule has 0 fully saturated rings. The van der Waals surface area contributed by atoms with Gasteiger partial charge in [-0.2, -0.15) is 0 Å². The highest BCUT2D eigenvalue weighted by atomic mass is 32.9. The molecule has 0 aliphatic rings. The Morgan fingerprint density at radius 1 is 0.920 bits per heavy atom. The standard InChI is InChI=1S/C18H37O4PS2/c1-4-7-9-11-13-15-21-23(24,25-17(6-3)18(19)20)22-16-14-12-10-8-5-2/h17H,4-16H2,1-3H3,(H,19,20). The monoisotopic (exact) mass is 412 g/mol. The van der Waals surface area contributed by atoms with Crippen LogP contribution in [0.3, 0.4) is 0 Å². The molecule has 0 aromatic carbocycles. The third-order valence-corrected chi connectivity index (χ3v) is 9.52. The molecule has 150 valence electrons. The van der Waals surface area contributed by atoms with Gasteiger partial charge in [0.05, 0.1) is 13.2 Å². The average Bonchev–Trinajstić information content (AvgIpc) is 2.59. The van der Waals surface area contributed by atoms with Gasteiger partial charge in [-0.05, 0) is 31.1 Å². The molecular formula is C18H37O4PS2. The van der Waals surface area contributed by atoms with E-state index in [2.05, 4.69) is 13.8 Å². The first-order valence-corrected chi connectivity index (χ1v) is 13.9. The van der Waals surface area contributed by atoms with Gasteiger partial charge in [-0.1, -0.05) is 83.5 Å². The minimum atomic E-state index is -2.59. The third kappa shape index (κ3) is 14.2. The smallest absolute Gasteiger partial charge is 0.317 e. The predicted molar refractivity (Wildman–Crippen MR) is 113 cm³/mol. The van der Waals surface area contributed by atoms with E-state index in [0.29, 0.717) is 19.6 Å². The molecule has 1 N–H and O–H groups in total. The number of carboxylic acid groups (broad SMARTS) is 1. The normalized spacial score (nSPS) is 13.1. The summed E-state index contributed by atoms with van der Waals surface area (Å²) in [6, 6.07) is 0. The first-order valence-electron chi connectivity index (χ1n) is 9.79. The zero-order valence-corrected chi connectivity index (χ0v) is 18.7. The lowest BCUT2D eigenvalue weighted by Gasteiger charge is -2.24. The Balaban J connectivity index is 4.37. The fourth-order valence-corrected chi connectivity index (χ4v) is 7.61. The quantitative estimate of drug-likeness (QED) is 0.198. The molecular weight excluding hydrogens is 375 g/mol. The molecule has 7 heteroatoms. The van der Waals surface area contributed by atoms with Gasteiger partial charge < -0.3 is 14.2 Å². The van der Waals surface area contributed by atoms with Gasteiger partial charge in [0.2, 0.25) is 5.69 Å². The van der Waals surface area contributed by atoms with Crippen LogP contribution >= 0.6 is 17.1 Å². The van der Waals surface area contributed by atoms with Crippen LogP contribution in [0.15, 0.2) is 0 Å². The van der Waals surface area contributed by atoms with Crippen LogP contribution in [0.2, 0.25) is 0 Å². The van der Waals surface area contributed by atoms with Crippen molar-refractivity contribution in [2.75, 3.05) is 13.2 Å². The Morgan fingerprint density at radius 2 is 1.36 bits per heavy atom. The van der Waals surface area contributed by atoms with Gasteiger partial charge in [-0.3, -0.25) is 4.79 Å². The molecule has 0 saturated carbocycles. The maximum atomic E-state index is 11.3. The average molecular weight is 413 g/mol. The Bertz CT molecular complexity index is 360. The second-order valence-electron chi connectivity index (χ2n) is 6.28. The van der Waals surface area contributed by atoms with Crippen LogP contribution in [0.25, 0.3) is 0 Å². The van der Waals surface area contributed by atoms with E-state index < -0.39 is 16.9 Å². The molecule has 0 rings (SSSR count). The van der Waals surface area contributed by atoms with Gasteiger partial charge in [-0.15, -0.1) is 0 Å². The second kappa shape index (κ2) is 16.6. The molecule has 0 amide bonds. The van der Waals surface area contributed by atoms with Gasteiger partial charge in [-0.25, -0.2) is 0 Å². The van der Waals surface area contributed by atoms with Crippen LogP contribution in [-0.2, 0) is 25.6 Å². The molecule has 1 atom stereocenters. The summed E-state index contributed by atoms with van der Waals surface area (Å²) in [5.41, 5.74) is -2.59. The van der Waals surface area contributed by atoms with Crippen molar-refractivity contribution >= 4 is 34.9 Å². The lowest BCUT2D eigenvalue weighted by atomic mass is 10.2. The van der Waals surface area contributed by atoms with E-state index in [-0.39, 0.29) is 0 Å². The van der Waals surface area contributed by atoms with Crippen molar-refractivity contribution in [2.45, 2.75) is 96.7 Å². The SMILES string of the molecule is CCCCCCCOP(=S)(OCCCCCCC)SC(CC)C(=O)O. The van der Waals surface area contributed by atoms with Crippen molar-refractivity contribution in [1.29, 1.82) is 0 Å². The molecule has 0 aromatic heterocycles. The summed E-state index contributed by atoms with van der Waals surface area (Å²) in [6.45, 7) is 7.39.